The summed E-state index contributed by atoms with van der Waals surface area (Å²) >= 11 is 0. The molecule has 0 amide bonds. The van der Waals surface area contributed by atoms with Crippen molar-refractivity contribution in [1.29, 1.82) is 0 Å². The monoisotopic (exact) mass is 541 g/mol. The zero-order chi connectivity index (χ0) is 20.8. The lowest BCUT2D eigenvalue weighted by molar-refractivity contribution is 0.0513. The largest absolute Gasteiger partial charge is 0.454 e. The number of nitrogens with one attached hydrogen (secondary N) is 2. The number of guanidine groups is 1. The second kappa shape index (κ2) is 11.0. The van der Waals surface area contributed by atoms with E-state index in [1.54, 1.807) is 12.1 Å². The number of nitrogens with zero attached hydrogens (tertiary/aromatic N) is 1. The highest BCUT2D eigenvalue weighted by atomic mass is 127. The van der Waals surface area contributed by atoms with E-state index < -0.39 is 0 Å². The van der Waals surface area contributed by atoms with Crippen LogP contribution >= 0.6 is 24.0 Å². The Hall–Kier alpha value is -2.07. The highest BCUT2D eigenvalue weighted by Crippen LogP contribution is 2.40. The number of hydrogen-bond donors (Lipinski definition) is 2. The zero-order valence-corrected chi connectivity index (χ0v) is 20.0. The Morgan fingerprint density at radius 3 is 2.52 bits per heavy atom. The molecule has 0 aliphatic carbocycles. The molecule has 1 saturated heterocycles. The summed E-state index contributed by atoms with van der Waals surface area (Å²) in [5.74, 6) is 2.10. The number of aliphatic imine (C=N–C) groups is 1. The van der Waals surface area contributed by atoms with Gasteiger partial charge < -0.3 is 24.8 Å². The quantitative estimate of drug-likeness (QED) is 0.329. The molecule has 168 valence electrons. The second-order valence-electron chi connectivity index (χ2n) is 7.64. The van der Waals surface area contributed by atoms with Crippen LogP contribution in [0, 0.1) is 5.82 Å². The second-order valence-corrected chi connectivity index (χ2v) is 7.64. The third kappa shape index (κ3) is 5.79. The third-order valence-corrected chi connectivity index (χ3v) is 5.71. The predicted molar refractivity (Wildman–Crippen MR) is 129 cm³/mol. The maximum absolute atomic E-state index is 13.1. The fourth-order valence-electron chi connectivity index (χ4n) is 3.91. The molecule has 0 unspecified atom stereocenters. The Kier molecular flexibility index (Phi) is 8.36. The summed E-state index contributed by atoms with van der Waals surface area (Å²) in [6.45, 7) is 5.72. The van der Waals surface area contributed by atoms with Crippen LogP contribution in [0.25, 0.3) is 0 Å². The Bertz CT molecular complexity index is 886. The molecule has 2 aromatic rings. The molecule has 2 aromatic carbocycles. The van der Waals surface area contributed by atoms with Gasteiger partial charge in [0.1, 0.15) is 5.82 Å². The summed E-state index contributed by atoms with van der Waals surface area (Å²) < 4.78 is 29.8. The summed E-state index contributed by atoms with van der Waals surface area (Å²) in [6.07, 6.45) is 1.83. The third-order valence-electron chi connectivity index (χ3n) is 5.71. The lowest BCUT2D eigenvalue weighted by Gasteiger charge is -2.38. The van der Waals surface area contributed by atoms with Crippen molar-refractivity contribution in [2.75, 3.05) is 33.1 Å². The van der Waals surface area contributed by atoms with E-state index in [9.17, 15) is 4.39 Å². The SMILES string of the molecule is CCNC(=NCc1ccc(F)cc1)NCC1(c2ccc3c(c2)OCO3)CCOCC1.I. The lowest BCUT2D eigenvalue weighted by atomic mass is 9.74. The first-order valence-corrected chi connectivity index (χ1v) is 10.4. The van der Waals surface area contributed by atoms with Crippen molar-refractivity contribution in [2.24, 2.45) is 4.99 Å². The highest BCUT2D eigenvalue weighted by Gasteiger charge is 2.35. The van der Waals surface area contributed by atoms with Crippen LogP contribution < -0.4 is 20.1 Å². The summed E-state index contributed by atoms with van der Waals surface area (Å²) in [4.78, 5) is 4.68. The zero-order valence-electron chi connectivity index (χ0n) is 17.7. The maximum Gasteiger partial charge on any atom is 0.231 e. The van der Waals surface area contributed by atoms with Crippen molar-refractivity contribution in [3.63, 3.8) is 0 Å². The van der Waals surface area contributed by atoms with Gasteiger partial charge in [-0.2, -0.15) is 0 Å². The van der Waals surface area contributed by atoms with Crippen molar-refractivity contribution in [3.05, 3.63) is 59.4 Å². The van der Waals surface area contributed by atoms with Gasteiger partial charge in [-0.15, -0.1) is 24.0 Å². The van der Waals surface area contributed by atoms with Gasteiger partial charge in [0.15, 0.2) is 17.5 Å². The molecular weight excluding hydrogens is 512 g/mol. The van der Waals surface area contributed by atoms with E-state index in [1.165, 1.54) is 17.7 Å². The molecule has 31 heavy (non-hydrogen) atoms. The minimum Gasteiger partial charge on any atom is -0.454 e. The molecule has 1 fully saturated rings. The Balaban J connectivity index is 0.00000272. The molecular formula is C23H29FIN3O3. The van der Waals surface area contributed by atoms with Gasteiger partial charge >= 0.3 is 0 Å². The number of benzene rings is 2. The van der Waals surface area contributed by atoms with Crippen molar-refractivity contribution >= 4 is 29.9 Å². The fourth-order valence-corrected chi connectivity index (χ4v) is 3.91. The topological polar surface area (TPSA) is 64.1 Å². The molecule has 2 aliphatic rings. The van der Waals surface area contributed by atoms with Gasteiger partial charge in [-0.3, -0.25) is 0 Å². The van der Waals surface area contributed by atoms with Gasteiger partial charge in [-0.25, -0.2) is 9.38 Å². The first-order chi connectivity index (χ1) is 14.7. The summed E-state index contributed by atoms with van der Waals surface area (Å²) in [7, 11) is 0. The minimum absolute atomic E-state index is 0. The lowest BCUT2D eigenvalue weighted by Crippen LogP contribution is -2.48. The van der Waals surface area contributed by atoms with Crippen molar-refractivity contribution < 1.29 is 18.6 Å². The molecule has 2 aliphatic heterocycles. The fraction of sp³-hybridized carbons (Fsp3) is 0.435. The molecule has 0 atom stereocenters. The van der Waals surface area contributed by atoms with Gasteiger partial charge in [-0.1, -0.05) is 18.2 Å². The molecule has 0 aromatic heterocycles. The van der Waals surface area contributed by atoms with Gasteiger partial charge in [0.25, 0.3) is 0 Å². The van der Waals surface area contributed by atoms with E-state index >= 15 is 0 Å². The smallest absolute Gasteiger partial charge is 0.231 e. The van der Waals surface area contributed by atoms with E-state index in [0.29, 0.717) is 6.54 Å². The Morgan fingerprint density at radius 1 is 1.03 bits per heavy atom. The Morgan fingerprint density at radius 2 is 1.77 bits per heavy atom. The summed E-state index contributed by atoms with van der Waals surface area (Å²) in [5.41, 5.74) is 2.10. The van der Waals surface area contributed by atoms with Gasteiger partial charge in [0.2, 0.25) is 6.79 Å². The van der Waals surface area contributed by atoms with Crippen LogP contribution in [0.3, 0.4) is 0 Å². The maximum atomic E-state index is 13.1. The van der Waals surface area contributed by atoms with Crippen LogP contribution in [0.1, 0.15) is 30.9 Å². The Labute approximate surface area is 199 Å². The molecule has 2 heterocycles. The number of fused-ring (bicyclic) bond motifs is 1. The molecule has 8 heteroatoms. The van der Waals surface area contributed by atoms with Crippen molar-refractivity contribution in [2.45, 2.75) is 31.7 Å². The predicted octanol–water partition coefficient (Wildman–Crippen LogP) is 3.98. The summed E-state index contributed by atoms with van der Waals surface area (Å²) in [5, 5.41) is 6.82. The molecule has 0 radical (unpaired) electrons. The van der Waals surface area contributed by atoms with Crippen LogP contribution in [-0.2, 0) is 16.7 Å². The van der Waals surface area contributed by atoms with Gasteiger partial charge in [-0.05, 0) is 55.2 Å². The number of hydrogen-bond acceptors (Lipinski definition) is 4. The van der Waals surface area contributed by atoms with E-state index in [4.69, 9.17) is 14.2 Å². The first kappa shape index (κ1) is 23.6. The average Bonchev–Trinajstić information content (AvgIpc) is 3.25. The standard InChI is InChI=1S/C23H28FN3O3.HI/c1-2-25-22(26-14-17-3-6-19(24)7-4-17)27-15-23(9-11-28-12-10-23)18-5-8-20-21(13-18)30-16-29-20;/h3-8,13H,2,9-12,14-16H2,1H3,(H2,25,26,27);1H. The molecule has 2 N–H and O–H groups in total. The molecule has 0 bridgehead atoms. The van der Waals surface area contributed by atoms with Crippen LogP contribution in [-0.4, -0.2) is 39.1 Å². The average molecular weight is 541 g/mol. The minimum atomic E-state index is -0.238. The highest BCUT2D eigenvalue weighted by molar-refractivity contribution is 14.0. The molecule has 0 spiro atoms. The van der Waals surface area contributed by atoms with Crippen LogP contribution in [0.5, 0.6) is 11.5 Å². The molecule has 4 rings (SSSR count). The summed E-state index contributed by atoms with van der Waals surface area (Å²) in [6, 6.07) is 12.7. The van der Waals surface area contributed by atoms with Crippen LogP contribution in [0.4, 0.5) is 4.39 Å². The normalized spacial score (nSPS) is 17.0. The van der Waals surface area contributed by atoms with E-state index in [0.717, 1.165) is 62.2 Å². The molecule has 6 nitrogen and oxygen atoms in total. The number of ether oxygens (including phenoxy) is 3. The van der Waals surface area contributed by atoms with Gasteiger partial charge in [0.05, 0.1) is 6.54 Å². The number of halogens is 2. The van der Waals surface area contributed by atoms with Crippen molar-refractivity contribution in [3.8, 4) is 11.5 Å². The van der Waals surface area contributed by atoms with E-state index in [-0.39, 0.29) is 42.0 Å². The number of rotatable bonds is 6. The van der Waals surface area contributed by atoms with Gasteiger partial charge in [0, 0.05) is 31.7 Å². The van der Waals surface area contributed by atoms with Crippen LogP contribution in [0.15, 0.2) is 47.5 Å². The van der Waals surface area contributed by atoms with Crippen molar-refractivity contribution in [1.82, 2.24) is 10.6 Å². The van der Waals surface area contributed by atoms with E-state index in [1.807, 2.05) is 13.0 Å². The van der Waals surface area contributed by atoms with E-state index in [2.05, 4.69) is 27.8 Å². The van der Waals surface area contributed by atoms with Crippen LogP contribution in [0.2, 0.25) is 0 Å². The molecule has 0 saturated carbocycles. The first-order valence-electron chi connectivity index (χ1n) is 10.4.